The molecule has 0 heterocycles. The molecule has 1 aromatic carbocycles. The van der Waals surface area contributed by atoms with Crippen molar-refractivity contribution in [2.45, 2.75) is 32.1 Å². The Morgan fingerprint density at radius 3 is 1.94 bits per heavy atom. The Hall–Kier alpha value is 0.293. The van der Waals surface area contributed by atoms with Gasteiger partial charge in [-0.25, -0.2) is 0 Å². The maximum absolute atomic E-state index is 5.67. The predicted molar refractivity (Wildman–Crippen MR) is 77.1 cm³/mol. The summed E-state index contributed by atoms with van der Waals surface area (Å²) >= 11 is -1.61. The molecule has 0 N–H and O–H groups in total. The fraction of sp³-hybridized carbons (Fsp3) is 0.357. The van der Waals surface area contributed by atoms with Crippen LogP contribution in [0.25, 0.3) is 0 Å². The van der Waals surface area contributed by atoms with Crippen LogP contribution < -0.4 is 0 Å². The van der Waals surface area contributed by atoms with Crippen molar-refractivity contribution in [2.24, 2.45) is 0 Å². The van der Waals surface area contributed by atoms with Crippen molar-refractivity contribution in [2.75, 3.05) is 0 Å². The standard InChI is InChI=1S/C7H6.C6H11.CH3.2ClH.Ru/c1-7-5-3-2-4-6-7;1-2-4-6-5-3-1;;;;/h1-6H;1H,2-6H2;1H3;2*1H;/q;2*-1;;;+2/p-2. The average Bonchev–Trinajstić information content (AvgIpc) is 2.32. The molecule has 1 aliphatic carbocycles. The van der Waals surface area contributed by atoms with Crippen LogP contribution in [0.15, 0.2) is 30.3 Å². The van der Waals surface area contributed by atoms with Crippen molar-refractivity contribution in [3.63, 3.8) is 0 Å². The second-order valence-electron chi connectivity index (χ2n) is 3.64. The summed E-state index contributed by atoms with van der Waals surface area (Å²) < 4.78 is 1.92. The number of hydrogen-bond donors (Lipinski definition) is 0. The number of hydrogen-bond acceptors (Lipinski definition) is 0. The Kier molecular flexibility index (Phi) is 11.6. The first-order valence-corrected chi connectivity index (χ1v) is 11.0. The van der Waals surface area contributed by atoms with Crippen molar-refractivity contribution in [1.82, 2.24) is 0 Å². The molecule has 17 heavy (non-hydrogen) atoms. The van der Waals surface area contributed by atoms with Crippen LogP contribution in [0.2, 0.25) is 0 Å². The molecule has 0 unspecified atom stereocenters. The summed E-state index contributed by atoms with van der Waals surface area (Å²) in [4.78, 5) is 0. The van der Waals surface area contributed by atoms with Crippen LogP contribution in [-0.2, 0) is 13.5 Å². The summed E-state index contributed by atoms with van der Waals surface area (Å²) in [5.41, 5.74) is 1.12. The van der Waals surface area contributed by atoms with E-state index in [0.29, 0.717) is 0 Å². The van der Waals surface area contributed by atoms with Crippen LogP contribution in [-0.4, -0.2) is 4.61 Å². The summed E-state index contributed by atoms with van der Waals surface area (Å²) in [6.07, 6.45) is 9.50. The summed E-state index contributed by atoms with van der Waals surface area (Å²) in [6.45, 7) is 0. The maximum atomic E-state index is 5.67. The Balaban J connectivity index is 0.000000316. The molecule has 100 valence electrons. The van der Waals surface area contributed by atoms with E-state index in [1.54, 1.807) is 0 Å². The van der Waals surface area contributed by atoms with E-state index >= 15 is 0 Å². The molecular formula is C14H20Cl2Ru-2. The summed E-state index contributed by atoms with van der Waals surface area (Å²) in [5.74, 6) is 0. The zero-order valence-electron chi connectivity index (χ0n) is 10.2. The molecule has 0 radical (unpaired) electrons. The Morgan fingerprint density at radius 2 is 1.59 bits per heavy atom. The molecule has 0 nitrogen and oxygen atoms in total. The van der Waals surface area contributed by atoms with Gasteiger partial charge in [0.2, 0.25) is 0 Å². The average molecular weight is 360 g/mol. The molecule has 0 saturated heterocycles. The molecule has 0 aliphatic heterocycles. The summed E-state index contributed by atoms with van der Waals surface area (Å²) in [7, 11) is 11.3. The molecule has 1 aromatic rings. The van der Waals surface area contributed by atoms with Gasteiger partial charge in [-0.1, -0.05) is 19.3 Å². The third-order valence-corrected chi connectivity index (χ3v) is 4.18. The normalized spacial score (nSPS) is 14.8. The predicted octanol–water partition coefficient (Wildman–Crippen LogP) is 5.37. The molecular weight excluding hydrogens is 340 g/mol. The van der Waals surface area contributed by atoms with Crippen molar-refractivity contribution >= 4 is 24.0 Å². The molecule has 2 rings (SSSR count). The minimum atomic E-state index is -1.61. The van der Waals surface area contributed by atoms with Gasteiger partial charge in [-0.3, -0.25) is 0 Å². The Labute approximate surface area is 119 Å². The second-order valence-corrected chi connectivity index (χ2v) is 9.37. The van der Waals surface area contributed by atoms with Gasteiger partial charge in [0.05, 0.1) is 0 Å². The van der Waals surface area contributed by atoms with E-state index in [-0.39, 0.29) is 7.43 Å². The first-order valence-electron chi connectivity index (χ1n) is 5.49. The molecule has 0 spiro atoms. The molecule has 1 fully saturated rings. The molecule has 0 amide bonds. The number of rotatable bonds is 1. The third kappa shape index (κ3) is 9.95. The van der Waals surface area contributed by atoms with Gasteiger partial charge < -0.3 is 13.8 Å². The summed E-state index contributed by atoms with van der Waals surface area (Å²) in [6, 6.07) is 9.89. The van der Waals surface area contributed by atoms with Gasteiger partial charge in [0, 0.05) is 0 Å². The molecule has 1 saturated carbocycles. The second kappa shape index (κ2) is 11.4. The quantitative estimate of drug-likeness (QED) is 0.467. The summed E-state index contributed by atoms with van der Waals surface area (Å²) in [5, 5.41) is 0. The van der Waals surface area contributed by atoms with Gasteiger partial charge in [-0.2, -0.15) is 12.8 Å². The van der Waals surface area contributed by atoms with E-state index in [1.165, 1.54) is 32.1 Å². The van der Waals surface area contributed by atoms with Crippen LogP contribution in [0.1, 0.15) is 37.7 Å². The minimum absolute atomic E-state index is 0. The fourth-order valence-electron chi connectivity index (χ4n) is 1.51. The molecule has 0 bridgehead atoms. The van der Waals surface area contributed by atoms with E-state index in [9.17, 15) is 0 Å². The van der Waals surface area contributed by atoms with Gasteiger partial charge in [0.1, 0.15) is 0 Å². The van der Waals surface area contributed by atoms with Crippen LogP contribution in [0.3, 0.4) is 0 Å². The number of benzene rings is 1. The number of halogens is 2. The van der Waals surface area contributed by atoms with Gasteiger partial charge in [0.15, 0.2) is 0 Å². The van der Waals surface area contributed by atoms with Crippen LogP contribution >= 0.6 is 19.4 Å². The first-order chi connectivity index (χ1) is 7.79. The van der Waals surface area contributed by atoms with Crippen LogP contribution in [0.4, 0.5) is 0 Å². The van der Waals surface area contributed by atoms with Crippen LogP contribution in [0.5, 0.6) is 0 Å². The van der Waals surface area contributed by atoms with E-state index in [2.05, 4.69) is 6.42 Å². The van der Waals surface area contributed by atoms with Crippen molar-refractivity contribution in [3.05, 3.63) is 49.7 Å². The fourth-order valence-corrected chi connectivity index (χ4v) is 3.34. The van der Waals surface area contributed by atoms with Gasteiger partial charge in [-0.05, 0) is 0 Å². The topological polar surface area (TPSA) is 0 Å². The first kappa shape index (κ1) is 17.3. The molecule has 0 aromatic heterocycles. The third-order valence-electron chi connectivity index (χ3n) is 2.31. The zero-order valence-corrected chi connectivity index (χ0v) is 13.4. The van der Waals surface area contributed by atoms with E-state index in [1.807, 2.05) is 34.9 Å². The zero-order chi connectivity index (χ0) is 11.6. The van der Waals surface area contributed by atoms with Crippen LogP contribution in [0, 0.1) is 13.8 Å². The molecule has 3 heteroatoms. The Morgan fingerprint density at radius 1 is 1.00 bits per heavy atom. The van der Waals surface area contributed by atoms with E-state index < -0.39 is 13.5 Å². The van der Waals surface area contributed by atoms with Gasteiger partial charge in [0.25, 0.3) is 0 Å². The molecule has 0 atom stereocenters. The molecule has 1 aliphatic rings. The Bertz CT molecular complexity index is 290. The van der Waals surface area contributed by atoms with Crippen molar-refractivity contribution in [1.29, 1.82) is 0 Å². The SMILES string of the molecule is [CH-]1CCCCC1.[CH3-].[Cl][Ru]([Cl])=[CH]c1ccccc1. The van der Waals surface area contributed by atoms with E-state index in [0.717, 1.165) is 5.56 Å². The monoisotopic (exact) mass is 360 g/mol. The van der Waals surface area contributed by atoms with Gasteiger partial charge in [-0.15, -0.1) is 0 Å². The van der Waals surface area contributed by atoms with Gasteiger partial charge >= 0.3 is 73.4 Å². The van der Waals surface area contributed by atoms with Crippen molar-refractivity contribution in [3.8, 4) is 0 Å². The van der Waals surface area contributed by atoms with Crippen molar-refractivity contribution < 1.29 is 13.5 Å². The van der Waals surface area contributed by atoms with E-state index in [4.69, 9.17) is 19.4 Å².